The van der Waals surface area contributed by atoms with Crippen LogP contribution in [-0.4, -0.2) is 68.6 Å². The molecule has 0 bridgehead atoms. The van der Waals surface area contributed by atoms with Crippen molar-refractivity contribution in [1.29, 1.82) is 0 Å². The Morgan fingerprint density at radius 1 is 1.33 bits per heavy atom. The molecule has 1 fully saturated rings. The van der Waals surface area contributed by atoms with E-state index < -0.39 is 5.97 Å². The van der Waals surface area contributed by atoms with E-state index in [-0.39, 0.29) is 23.4 Å². The van der Waals surface area contributed by atoms with Crippen LogP contribution in [0.2, 0.25) is 0 Å². The van der Waals surface area contributed by atoms with Gasteiger partial charge in [-0.1, -0.05) is 5.21 Å². The summed E-state index contributed by atoms with van der Waals surface area (Å²) < 4.78 is 16.6. The van der Waals surface area contributed by atoms with E-state index >= 15 is 0 Å². The molecule has 3 rings (SSSR count). The molecule has 0 aliphatic carbocycles. The first kappa shape index (κ1) is 16.3. The maximum absolute atomic E-state index is 12.3. The number of nitrogens with two attached hydrogens (primary N) is 1. The number of carbonyl (C=O) groups is 1. The largest absolute Gasteiger partial charge is 0.458 e. The Morgan fingerprint density at radius 3 is 2.71 bits per heavy atom. The minimum atomic E-state index is -0.547. The summed E-state index contributed by atoms with van der Waals surface area (Å²) >= 11 is 0. The highest BCUT2D eigenvalue weighted by atomic mass is 16.6. The van der Waals surface area contributed by atoms with Gasteiger partial charge in [0, 0.05) is 19.6 Å². The molecule has 0 saturated carbocycles. The second-order valence-corrected chi connectivity index (χ2v) is 5.61. The number of anilines is 1. The van der Waals surface area contributed by atoms with Gasteiger partial charge in [0.15, 0.2) is 5.69 Å². The summed E-state index contributed by atoms with van der Waals surface area (Å²) in [5, 5.41) is 15.2. The first-order valence-electron chi connectivity index (χ1n) is 7.60. The SMILES string of the molecule is CC(C)OC(=O)c1nnn(-c2nonc2N)c1CN1CCOCC1. The monoisotopic (exact) mass is 337 g/mol. The first-order chi connectivity index (χ1) is 11.6. The van der Waals surface area contributed by atoms with Crippen LogP contribution in [0.3, 0.4) is 0 Å². The molecule has 11 heteroatoms. The molecule has 1 aliphatic rings. The van der Waals surface area contributed by atoms with Crippen LogP contribution < -0.4 is 5.73 Å². The van der Waals surface area contributed by atoms with Crippen LogP contribution in [-0.2, 0) is 16.0 Å². The van der Waals surface area contributed by atoms with Gasteiger partial charge in [-0.25, -0.2) is 9.42 Å². The molecule has 0 unspecified atom stereocenters. The zero-order chi connectivity index (χ0) is 17.1. The number of aromatic nitrogens is 5. The molecule has 0 amide bonds. The van der Waals surface area contributed by atoms with Gasteiger partial charge >= 0.3 is 5.97 Å². The number of hydrogen-bond acceptors (Lipinski definition) is 10. The quantitative estimate of drug-likeness (QED) is 0.720. The van der Waals surface area contributed by atoms with E-state index in [1.54, 1.807) is 13.8 Å². The summed E-state index contributed by atoms with van der Waals surface area (Å²) in [6, 6.07) is 0. The van der Waals surface area contributed by atoms with Crippen molar-refractivity contribution in [3.8, 4) is 5.82 Å². The third-order valence-electron chi connectivity index (χ3n) is 3.47. The molecular weight excluding hydrogens is 318 g/mol. The van der Waals surface area contributed by atoms with Crippen LogP contribution >= 0.6 is 0 Å². The van der Waals surface area contributed by atoms with Crippen molar-refractivity contribution in [2.45, 2.75) is 26.5 Å². The van der Waals surface area contributed by atoms with Crippen LogP contribution in [0.15, 0.2) is 4.63 Å². The number of rotatable bonds is 5. The third kappa shape index (κ3) is 3.36. The summed E-state index contributed by atoms with van der Waals surface area (Å²) in [5.41, 5.74) is 6.38. The number of hydrogen-bond donors (Lipinski definition) is 1. The molecule has 0 atom stereocenters. The zero-order valence-electron chi connectivity index (χ0n) is 13.5. The van der Waals surface area contributed by atoms with E-state index in [1.165, 1.54) is 4.68 Å². The predicted octanol–water partition coefficient (Wildman–Crippen LogP) is -0.370. The van der Waals surface area contributed by atoms with E-state index in [0.29, 0.717) is 25.5 Å². The summed E-state index contributed by atoms with van der Waals surface area (Å²) in [6.45, 7) is 6.67. The Hall–Kier alpha value is -2.53. The highest BCUT2D eigenvalue weighted by Gasteiger charge is 2.27. The van der Waals surface area contributed by atoms with Gasteiger partial charge < -0.3 is 15.2 Å². The first-order valence-corrected chi connectivity index (χ1v) is 7.60. The average Bonchev–Trinajstić information content (AvgIpc) is 3.13. The number of morpholine rings is 1. The predicted molar refractivity (Wildman–Crippen MR) is 80.3 cm³/mol. The molecule has 130 valence electrons. The summed E-state index contributed by atoms with van der Waals surface area (Å²) in [5.74, 6) is -0.296. The van der Waals surface area contributed by atoms with Gasteiger partial charge in [-0.3, -0.25) is 4.90 Å². The molecule has 24 heavy (non-hydrogen) atoms. The molecule has 0 aromatic carbocycles. The van der Waals surface area contributed by atoms with Crippen molar-refractivity contribution < 1.29 is 18.9 Å². The van der Waals surface area contributed by atoms with Gasteiger partial charge in [-0.15, -0.1) is 5.10 Å². The van der Waals surface area contributed by atoms with Crippen LogP contribution in [0.5, 0.6) is 0 Å². The van der Waals surface area contributed by atoms with Gasteiger partial charge in [-0.2, -0.15) is 4.68 Å². The number of carbonyl (C=O) groups excluding carboxylic acids is 1. The van der Waals surface area contributed by atoms with Crippen LogP contribution in [0.1, 0.15) is 30.0 Å². The molecule has 11 nitrogen and oxygen atoms in total. The fourth-order valence-electron chi connectivity index (χ4n) is 2.35. The van der Waals surface area contributed by atoms with Crippen molar-refractivity contribution in [2.24, 2.45) is 0 Å². The van der Waals surface area contributed by atoms with Crippen LogP contribution in [0.25, 0.3) is 5.82 Å². The Labute approximate surface area is 137 Å². The molecule has 2 N–H and O–H groups in total. The van der Waals surface area contributed by atoms with Crippen molar-refractivity contribution in [1.82, 2.24) is 30.2 Å². The number of esters is 1. The maximum atomic E-state index is 12.3. The van der Waals surface area contributed by atoms with Crippen molar-refractivity contribution in [2.75, 3.05) is 32.0 Å². The van der Waals surface area contributed by atoms with Gasteiger partial charge in [0.25, 0.3) is 0 Å². The van der Waals surface area contributed by atoms with E-state index in [2.05, 4.69) is 30.2 Å². The molecular formula is C13H19N7O4. The second-order valence-electron chi connectivity index (χ2n) is 5.61. The Kier molecular flexibility index (Phi) is 4.71. The summed E-state index contributed by atoms with van der Waals surface area (Å²) in [7, 11) is 0. The minimum Gasteiger partial charge on any atom is -0.458 e. The maximum Gasteiger partial charge on any atom is 0.361 e. The molecule has 1 aliphatic heterocycles. The second kappa shape index (κ2) is 6.93. The molecule has 3 heterocycles. The van der Waals surface area contributed by atoms with Crippen molar-refractivity contribution >= 4 is 11.8 Å². The Balaban J connectivity index is 1.95. The fourth-order valence-corrected chi connectivity index (χ4v) is 2.35. The van der Waals surface area contributed by atoms with Crippen molar-refractivity contribution in [3.63, 3.8) is 0 Å². The third-order valence-corrected chi connectivity index (χ3v) is 3.47. The highest BCUT2D eigenvalue weighted by molar-refractivity contribution is 5.88. The number of nitrogen functional groups attached to an aromatic ring is 1. The normalized spacial score (nSPS) is 15.8. The summed E-state index contributed by atoms with van der Waals surface area (Å²) in [6.07, 6.45) is -0.266. The van der Waals surface area contributed by atoms with Crippen LogP contribution in [0, 0.1) is 0 Å². The molecule has 2 aromatic heterocycles. The Bertz CT molecular complexity index is 705. The molecule has 2 aromatic rings. The molecule has 1 saturated heterocycles. The van der Waals surface area contributed by atoms with Crippen molar-refractivity contribution in [3.05, 3.63) is 11.4 Å². The number of ether oxygens (including phenoxy) is 2. The zero-order valence-corrected chi connectivity index (χ0v) is 13.5. The Morgan fingerprint density at radius 2 is 2.08 bits per heavy atom. The smallest absolute Gasteiger partial charge is 0.361 e. The lowest BCUT2D eigenvalue weighted by atomic mass is 10.2. The van der Waals surface area contributed by atoms with E-state index in [9.17, 15) is 4.79 Å². The van der Waals surface area contributed by atoms with Gasteiger partial charge in [0.2, 0.25) is 11.6 Å². The highest BCUT2D eigenvalue weighted by Crippen LogP contribution is 2.19. The number of nitrogens with zero attached hydrogens (tertiary/aromatic N) is 6. The molecule has 0 radical (unpaired) electrons. The lowest BCUT2D eigenvalue weighted by Gasteiger charge is -2.26. The van der Waals surface area contributed by atoms with E-state index in [0.717, 1.165) is 13.1 Å². The summed E-state index contributed by atoms with van der Waals surface area (Å²) in [4.78, 5) is 14.4. The average molecular weight is 337 g/mol. The topological polar surface area (TPSA) is 134 Å². The van der Waals surface area contributed by atoms with E-state index in [4.69, 9.17) is 15.2 Å². The lowest BCUT2D eigenvalue weighted by Crippen LogP contribution is -2.36. The standard InChI is InChI=1S/C13H19N7O4/c1-8(2)23-13(21)10-9(7-19-3-5-22-6-4-19)20(18-15-10)12-11(14)16-24-17-12/h8H,3-7H2,1-2H3,(H2,14,16). The van der Waals surface area contributed by atoms with Gasteiger partial charge in [0.05, 0.1) is 25.0 Å². The van der Waals surface area contributed by atoms with Gasteiger partial charge in [0.1, 0.15) is 0 Å². The minimum absolute atomic E-state index is 0.0619. The molecule has 0 spiro atoms. The van der Waals surface area contributed by atoms with Crippen LogP contribution in [0.4, 0.5) is 5.82 Å². The van der Waals surface area contributed by atoms with Gasteiger partial charge in [-0.05, 0) is 24.2 Å². The van der Waals surface area contributed by atoms with E-state index in [1.807, 2.05) is 0 Å². The lowest BCUT2D eigenvalue weighted by molar-refractivity contribution is 0.0313. The fraction of sp³-hybridized carbons (Fsp3) is 0.615.